The Morgan fingerprint density at radius 3 is 1.86 bits per heavy atom. The fourth-order valence-electron chi connectivity index (χ4n) is 8.98. The maximum atomic E-state index is 6.58. The Morgan fingerprint density at radius 1 is 0.420 bits per heavy atom. The molecule has 0 amide bonds. The largest absolute Gasteiger partial charge is 0.456 e. The maximum absolute atomic E-state index is 6.58. The first-order valence-corrected chi connectivity index (χ1v) is 17.6. The lowest BCUT2D eigenvalue weighted by Gasteiger charge is -2.29. The third kappa shape index (κ3) is 3.96. The maximum Gasteiger partial charge on any atom is 0.136 e. The van der Waals surface area contributed by atoms with E-state index in [-0.39, 0.29) is 10.8 Å². The highest BCUT2D eigenvalue weighted by molar-refractivity contribution is 6.17. The van der Waals surface area contributed by atoms with Gasteiger partial charge in [0.25, 0.3) is 0 Å². The van der Waals surface area contributed by atoms with Crippen LogP contribution in [0.4, 0.5) is 17.1 Å². The number of fused-ring (bicyclic) bond motifs is 9. The number of furan rings is 1. The predicted molar refractivity (Wildman–Crippen MR) is 209 cm³/mol. The molecule has 0 spiro atoms. The molecule has 0 unspecified atom stereocenters. The zero-order valence-electron chi connectivity index (χ0n) is 28.8. The molecule has 0 radical (unpaired) electrons. The van der Waals surface area contributed by atoms with Gasteiger partial charge in [0.1, 0.15) is 11.2 Å². The Labute approximate surface area is 293 Å². The van der Waals surface area contributed by atoms with Crippen molar-refractivity contribution >= 4 is 39.0 Å². The van der Waals surface area contributed by atoms with E-state index in [4.69, 9.17) is 4.42 Å². The minimum absolute atomic E-state index is 0.0888. The molecule has 0 saturated carbocycles. The third-order valence-corrected chi connectivity index (χ3v) is 11.4. The molecule has 0 bridgehead atoms. The number of anilines is 3. The molecule has 240 valence electrons. The molecule has 0 atom stereocenters. The lowest BCUT2D eigenvalue weighted by atomic mass is 9.81. The molecule has 0 fully saturated rings. The molecule has 0 saturated heterocycles. The molecular formula is C48H37NO. The van der Waals surface area contributed by atoms with Crippen LogP contribution in [0.25, 0.3) is 55.3 Å². The zero-order chi connectivity index (χ0) is 33.8. The van der Waals surface area contributed by atoms with E-state index in [1.165, 1.54) is 61.0 Å². The lowest BCUT2D eigenvalue weighted by molar-refractivity contribution is 0.647. The van der Waals surface area contributed by atoms with Crippen LogP contribution in [0.1, 0.15) is 49.9 Å². The average molecular weight is 644 g/mol. The van der Waals surface area contributed by atoms with Crippen LogP contribution in [0.3, 0.4) is 0 Å². The van der Waals surface area contributed by atoms with Crippen LogP contribution in [0.15, 0.2) is 156 Å². The minimum atomic E-state index is -0.208. The second kappa shape index (κ2) is 10.3. The van der Waals surface area contributed by atoms with E-state index in [2.05, 4.69) is 184 Å². The molecule has 1 aromatic heterocycles. The van der Waals surface area contributed by atoms with Gasteiger partial charge in [0.05, 0.1) is 0 Å². The molecule has 0 aliphatic heterocycles. The van der Waals surface area contributed by atoms with Gasteiger partial charge in [-0.2, -0.15) is 0 Å². The Hall–Kier alpha value is -5.86. The van der Waals surface area contributed by atoms with E-state index in [1.54, 1.807) is 0 Å². The van der Waals surface area contributed by atoms with Crippen molar-refractivity contribution in [2.45, 2.75) is 38.5 Å². The summed E-state index contributed by atoms with van der Waals surface area (Å²) in [6.07, 6.45) is 0. The van der Waals surface area contributed by atoms with Gasteiger partial charge in [-0.15, -0.1) is 0 Å². The highest BCUT2D eigenvalue weighted by atomic mass is 16.3. The monoisotopic (exact) mass is 643 g/mol. The van der Waals surface area contributed by atoms with Crippen molar-refractivity contribution in [1.82, 2.24) is 0 Å². The Bertz CT molecular complexity index is 2640. The normalized spacial score (nSPS) is 14.7. The summed E-state index contributed by atoms with van der Waals surface area (Å²) in [6.45, 7) is 9.42. The number of para-hydroxylation sites is 2. The van der Waals surface area contributed by atoms with Gasteiger partial charge in [0.2, 0.25) is 0 Å². The van der Waals surface area contributed by atoms with Crippen LogP contribution in [0.5, 0.6) is 0 Å². The SMILES string of the molecule is CC1(C)c2ccccc2-c2ccc(N(c3ccccc3)c3ccc4c(c3)-c3c(cc5oc6ccccc6c5c3-c3ccccc3)C4(C)C)cc21. The van der Waals surface area contributed by atoms with Gasteiger partial charge >= 0.3 is 0 Å². The summed E-state index contributed by atoms with van der Waals surface area (Å²) in [7, 11) is 0. The van der Waals surface area contributed by atoms with Gasteiger partial charge in [0.15, 0.2) is 0 Å². The Morgan fingerprint density at radius 2 is 1.04 bits per heavy atom. The van der Waals surface area contributed by atoms with Gasteiger partial charge in [0, 0.05) is 44.2 Å². The molecule has 7 aromatic carbocycles. The average Bonchev–Trinajstić information content (AvgIpc) is 3.71. The summed E-state index contributed by atoms with van der Waals surface area (Å²) < 4.78 is 6.58. The lowest BCUT2D eigenvalue weighted by Crippen LogP contribution is -2.17. The van der Waals surface area contributed by atoms with Crippen molar-refractivity contribution in [3.8, 4) is 33.4 Å². The highest BCUT2D eigenvalue weighted by Crippen LogP contribution is 2.57. The molecule has 2 nitrogen and oxygen atoms in total. The zero-order valence-corrected chi connectivity index (χ0v) is 28.8. The van der Waals surface area contributed by atoms with E-state index in [0.717, 1.165) is 33.6 Å². The summed E-state index contributed by atoms with van der Waals surface area (Å²) in [5.74, 6) is 0. The van der Waals surface area contributed by atoms with Crippen molar-refractivity contribution in [2.24, 2.45) is 0 Å². The third-order valence-electron chi connectivity index (χ3n) is 11.4. The number of benzene rings is 7. The quantitative estimate of drug-likeness (QED) is 0.190. The van der Waals surface area contributed by atoms with Gasteiger partial charge in [-0.1, -0.05) is 131 Å². The predicted octanol–water partition coefficient (Wildman–Crippen LogP) is 13.3. The van der Waals surface area contributed by atoms with E-state index in [9.17, 15) is 0 Å². The van der Waals surface area contributed by atoms with Crippen molar-refractivity contribution in [3.63, 3.8) is 0 Å². The summed E-state index contributed by atoms with van der Waals surface area (Å²) in [6, 6.07) is 55.5. The minimum Gasteiger partial charge on any atom is -0.456 e. The van der Waals surface area contributed by atoms with E-state index in [0.29, 0.717) is 0 Å². The Balaban J connectivity index is 1.23. The van der Waals surface area contributed by atoms with E-state index < -0.39 is 0 Å². The van der Waals surface area contributed by atoms with Crippen molar-refractivity contribution in [1.29, 1.82) is 0 Å². The molecule has 0 N–H and O–H groups in total. The fraction of sp³-hybridized carbons (Fsp3) is 0.125. The molecule has 50 heavy (non-hydrogen) atoms. The summed E-state index contributed by atoms with van der Waals surface area (Å²) >= 11 is 0. The van der Waals surface area contributed by atoms with Gasteiger partial charge in [-0.05, 0) is 98.6 Å². The first-order valence-electron chi connectivity index (χ1n) is 17.6. The molecule has 2 heteroatoms. The summed E-state index contributed by atoms with van der Waals surface area (Å²) in [5, 5.41) is 2.33. The number of hydrogen-bond acceptors (Lipinski definition) is 2. The van der Waals surface area contributed by atoms with Crippen LogP contribution in [-0.4, -0.2) is 0 Å². The van der Waals surface area contributed by atoms with Crippen molar-refractivity contribution in [2.75, 3.05) is 4.90 Å². The fourth-order valence-corrected chi connectivity index (χ4v) is 8.98. The van der Waals surface area contributed by atoms with Crippen LogP contribution in [0, 0.1) is 0 Å². The first-order chi connectivity index (χ1) is 24.3. The van der Waals surface area contributed by atoms with Crippen LogP contribution < -0.4 is 4.90 Å². The number of rotatable bonds is 4. The smallest absolute Gasteiger partial charge is 0.136 e. The number of nitrogens with zero attached hydrogens (tertiary/aromatic N) is 1. The molecule has 2 aliphatic carbocycles. The topological polar surface area (TPSA) is 16.4 Å². The molecule has 10 rings (SSSR count). The van der Waals surface area contributed by atoms with Crippen molar-refractivity contribution < 1.29 is 4.42 Å². The van der Waals surface area contributed by atoms with Crippen LogP contribution in [-0.2, 0) is 10.8 Å². The van der Waals surface area contributed by atoms with E-state index in [1.807, 2.05) is 0 Å². The second-order valence-corrected chi connectivity index (χ2v) is 14.9. The highest BCUT2D eigenvalue weighted by Gasteiger charge is 2.40. The standard InChI is InChI=1S/C48H37NO/c1-47(2)38-21-13-11-19-34(38)35-25-23-33(28-40(35)47)49(31-17-9-6-10-18-31)32-24-26-39-37(27-32)45-41(48(39,3)4)29-43-46(36-20-12-14-22-42(36)50-43)44(45)30-15-7-5-8-16-30/h5-29H,1-4H3. The van der Waals surface area contributed by atoms with E-state index >= 15 is 0 Å². The van der Waals surface area contributed by atoms with Gasteiger partial charge in [-0.3, -0.25) is 0 Å². The van der Waals surface area contributed by atoms with Crippen molar-refractivity contribution in [3.05, 3.63) is 174 Å². The number of hydrogen-bond donors (Lipinski definition) is 0. The molecule has 8 aromatic rings. The molecular weight excluding hydrogens is 607 g/mol. The summed E-state index contributed by atoms with van der Waals surface area (Å²) in [5.41, 5.74) is 18.1. The summed E-state index contributed by atoms with van der Waals surface area (Å²) in [4.78, 5) is 2.43. The van der Waals surface area contributed by atoms with Gasteiger partial charge < -0.3 is 9.32 Å². The molecule has 2 aliphatic rings. The molecule has 1 heterocycles. The van der Waals surface area contributed by atoms with Crippen LogP contribution in [0.2, 0.25) is 0 Å². The van der Waals surface area contributed by atoms with Crippen LogP contribution >= 0.6 is 0 Å². The first kappa shape index (κ1) is 29.1. The van der Waals surface area contributed by atoms with Gasteiger partial charge in [-0.25, -0.2) is 0 Å². The second-order valence-electron chi connectivity index (χ2n) is 14.9. The Kier molecular flexibility index (Phi) is 6.01.